The molecule has 1 aliphatic heterocycles. The van der Waals surface area contributed by atoms with Crippen LogP contribution in [-0.4, -0.2) is 0 Å². The van der Waals surface area contributed by atoms with Crippen LogP contribution in [0.2, 0.25) is 0 Å². The summed E-state index contributed by atoms with van der Waals surface area (Å²) in [5.74, 6) is 2.84. The highest BCUT2D eigenvalue weighted by Crippen LogP contribution is 2.63. The van der Waals surface area contributed by atoms with Crippen molar-refractivity contribution in [3.63, 3.8) is 0 Å². The van der Waals surface area contributed by atoms with E-state index in [1.54, 1.807) is 0 Å². The van der Waals surface area contributed by atoms with Gasteiger partial charge in [-0.25, -0.2) is 0 Å². The summed E-state index contributed by atoms with van der Waals surface area (Å²) in [4.78, 5) is 2.32. The zero-order valence-corrected chi connectivity index (χ0v) is 33.0. The van der Waals surface area contributed by atoms with E-state index in [2.05, 4.69) is 205 Å². The number of thiophene rings is 1. The van der Waals surface area contributed by atoms with E-state index in [0.29, 0.717) is 17.2 Å². The third-order valence-electron chi connectivity index (χ3n) is 12.2. The number of ether oxygens (including phenoxy) is 2. The lowest BCUT2D eigenvalue weighted by atomic mass is 9.66. The molecule has 0 radical (unpaired) electrons. The smallest absolute Gasteiger partial charge is 0.178 e. The molecule has 1 unspecified atom stereocenters. The topological polar surface area (TPSA) is 21.7 Å². The van der Waals surface area contributed by atoms with Crippen LogP contribution in [0.1, 0.15) is 29.5 Å². The number of allylic oxidation sites excluding steroid dienone is 4. The van der Waals surface area contributed by atoms with Crippen molar-refractivity contribution >= 4 is 48.6 Å². The number of benzene rings is 8. The second-order valence-electron chi connectivity index (χ2n) is 15.4. The molecule has 12 rings (SSSR count). The molecule has 0 N–H and O–H groups in total. The van der Waals surface area contributed by atoms with Gasteiger partial charge < -0.3 is 14.4 Å². The molecular weight excluding hydrogens is 739 g/mol. The highest BCUT2D eigenvalue weighted by Gasteiger charge is 2.49. The van der Waals surface area contributed by atoms with Gasteiger partial charge >= 0.3 is 0 Å². The van der Waals surface area contributed by atoms with Crippen molar-refractivity contribution in [2.45, 2.75) is 18.3 Å². The summed E-state index contributed by atoms with van der Waals surface area (Å²) in [6.45, 7) is 0. The van der Waals surface area contributed by atoms with Gasteiger partial charge in [-0.3, -0.25) is 0 Å². The Hall–Kier alpha value is -7.14. The maximum Gasteiger partial charge on any atom is 0.178 e. The molecule has 0 spiro atoms. The molecule has 1 aromatic heterocycles. The molecule has 0 saturated carbocycles. The Labute approximate surface area is 347 Å². The van der Waals surface area contributed by atoms with Crippen LogP contribution in [0.25, 0.3) is 42.4 Å². The van der Waals surface area contributed by atoms with E-state index in [4.69, 9.17) is 9.47 Å². The van der Waals surface area contributed by atoms with E-state index in [9.17, 15) is 0 Å². The summed E-state index contributed by atoms with van der Waals surface area (Å²) in [5.41, 5.74) is 12.2. The first-order valence-corrected chi connectivity index (χ1v) is 21.1. The normalized spacial score (nSPS) is 16.0. The predicted octanol–water partition coefficient (Wildman–Crippen LogP) is 15.7. The third-order valence-corrected chi connectivity index (χ3v) is 13.4. The molecule has 2 heterocycles. The predicted molar refractivity (Wildman–Crippen MR) is 244 cm³/mol. The van der Waals surface area contributed by atoms with Crippen LogP contribution in [0, 0.1) is 0 Å². The second kappa shape index (κ2) is 13.5. The van der Waals surface area contributed by atoms with Gasteiger partial charge in [-0.2, -0.15) is 0 Å². The Bertz CT molecular complexity index is 3180. The molecule has 280 valence electrons. The van der Waals surface area contributed by atoms with Gasteiger partial charge in [-0.1, -0.05) is 146 Å². The summed E-state index contributed by atoms with van der Waals surface area (Å²) < 4.78 is 16.5. The van der Waals surface area contributed by atoms with Crippen molar-refractivity contribution < 1.29 is 9.47 Å². The van der Waals surface area contributed by atoms with E-state index in [0.717, 1.165) is 46.8 Å². The van der Waals surface area contributed by atoms with Crippen LogP contribution in [-0.2, 0) is 5.41 Å². The molecule has 3 aliphatic rings. The molecule has 0 saturated heterocycles. The molecule has 3 nitrogen and oxygen atoms in total. The molecule has 0 bridgehead atoms. The average Bonchev–Trinajstić information content (AvgIpc) is 3.83. The van der Waals surface area contributed by atoms with Crippen LogP contribution in [0.4, 0.5) is 17.1 Å². The molecule has 2 aliphatic carbocycles. The number of nitrogens with zero attached hydrogens (tertiary/aromatic N) is 1. The van der Waals surface area contributed by atoms with Gasteiger partial charge in [-0.15, -0.1) is 11.3 Å². The largest absolute Gasteiger partial charge is 0.449 e. The van der Waals surface area contributed by atoms with Crippen LogP contribution < -0.4 is 14.4 Å². The molecule has 0 fully saturated rings. The Balaban J connectivity index is 0.979. The fourth-order valence-electron chi connectivity index (χ4n) is 9.71. The van der Waals surface area contributed by atoms with Gasteiger partial charge in [0.2, 0.25) is 0 Å². The molecule has 4 heteroatoms. The summed E-state index contributed by atoms with van der Waals surface area (Å²) in [7, 11) is 0. The molecule has 0 amide bonds. The van der Waals surface area contributed by atoms with E-state index in [1.807, 2.05) is 11.3 Å². The second-order valence-corrected chi connectivity index (χ2v) is 16.5. The first-order valence-electron chi connectivity index (χ1n) is 20.3. The first kappa shape index (κ1) is 33.9. The SMILES string of the molecule is C1=CC(C2(c3ccccc3)c3ccccc3-c3c2ccc2c3Oc3ccc(N(c4ccccc4)c4ccccc4-c4ccc5c(c4)sc4ccccc45)cc3O2)=CCC1. The van der Waals surface area contributed by atoms with Crippen LogP contribution in [0.5, 0.6) is 23.0 Å². The molecule has 1 atom stereocenters. The van der Waals surface area contributed by atoms with Crippen molar-refractivity contribution in [2.75, 3.05) is 4.90 Å². The minimum absolute atomic E-state index is 0.474. The molecule has 59 heavy (non-hydrogen) atoms. The van der Waals surface area contributed by atoms with Crippen molar-refractivity contribution in [2.24, 2.45) is 0 Å². The quantitative estimate of drug-likeness (QED) is 0.168. The number of fused-ring (bicyclic) bond motifs is 9. The maximum atomic E-state index is 7.02. The Kier molecular flexibility index (Phi) is 7.75. The maximum absolute atomic E-state index is 7.02. The third kappa shape index (κ3) is 5.20. The van der Waals surface area contributed by atoms with Crippen molar-refractivity contribution in [3.05, 3.63) is 222 Å². The average molecular weight is 776 g/mol. The zero-order valence-electron chi connectivity index (χ0n) is 32.1. The zero-order chi connectivity index (χ0) is 38.9. The number of hydrogen-bond donors (Lipinski definition) is 0. The Morgan fingerprint density at radius 1 is 0.508 bits per heavy atom. The first-order chi connectivity index (χ1) is 29.3. The summed E-state index contributed by atoms with van der Waals surface area (Å²) in [6, 6.07) is 65.2. The minimum atomic E-state index is -0.474. The van der Waals surface area contributed by atoms with E-state index in [-0.39, 0.29) is 0 Å². The van der Waals surface area contributed by atoms with Gasteiger partial charge in [0.25, 0.3) is 0 Å². The number of anilines is 3. The minimum Gasteiger partial charge on any atom is -0.449 e. The van der Waals surface area contributed by atoms with Crippen LogP contribution in [0.3, 0.4) is 0 Å². The summed E-state index contributed by atoms with van der Waals surface area (Å²) >= 11 is 1.85. The van der Waals surface area contributed by atoms with Gasteiger partial charge in [0, 0.05) is 43.1 Å². The number of hydrogen-bond acceptors (Lipinski definition) is 4. The molecule has 8 aromatic carbocycles. The Morgan fingerprint density at radius 3 is 2.12 bits per heavy atom. The van der Waals surface area contributed by atoms with Crippen molar-refractivity contribution in [1.29, 1.82) is 0 Å². The lowest BCUT2D eigenvalue weighted by Gasteiger charge is -2.36. The monoisotopic (exact) mass is 775 g/mol. The lowest BCUT2D eigenvalue weighted by molar-refractivity contribution is 0.360. The van der Waals surface area contributed by atoms with Gasteiger partial charge in [-0.05, 0) is 94.8 Å². The van der Waals surface area contributed by atoms with Crippen molar-refractivity contribution in [3.8, 4) is 45.3 Å². The van der Waals surface area contributed by atoms with Gasteiger partial charge in [0.1, 0.15) is 0 Å². The van der Waals surface area contributed by atoms with Crippen LogP contribution in [0.15, 0.2) is 206 Å². The molecule has 9 aromatic rings. The Morgan fingerprint density at radius 2 is 1.25 bits per heavy atom. The number of para-hydroxylation sites is 2. The number of rotatable bonds is 6. The van der Waals surface area contributed by atoms with Gasteiger partial charge in [0.15, 0.2) is 23.0 Å². The summed E-state index contributed by atoms with van der Waals surface area (Å²) in [5, 5.41) is 2.60. The fourth-order valence-corrected chi connectivity index (χ4v) is 10.9. The van der Waals surface area contributed by atoms with E-state index < -0.39 is 5.41 Å². The standard InChI is InChI=1S/C55H37NO2S/c1-4-16-37(17-5-1)55(38-18-6-2-7-19-38)45-25-13-10-24-44(45)53-46(55)31-33-49-54(53)58-48-32-29-40(35-50(48)57-49)56(39-20-8-3-9-21-39)47-26-14-11-22-41(47)36-28-30-43-42-23-12-15-27-51(42)59-52(43)34-36/h1,3-6,8-35H,2,7H2. The molecular formula is C55H37NO2S. The highest BCUT2D eigenvalue weighted by atomic mass is 32.1. The van der Waals surface area contributed by atoms with E-state index >= 15 is 0 Å². The fraction of sp³-hybridized carbons (Fsp3) is 0.0545. The summed E-state index contributed by atoms with van der Waals surface area (Å²) in [6.07, 6.45) is 9.14. The van der Waals surface area contributed by atoms with Crippen molar-refractivity contribution in [1.82, 2.24) is 0 Å². The van der Waals surface area contributed by atoms with E-state index in [1.165, 1.54) is 53.6 Å². The van der Waals surface area contributed by atoms with Gasteiger partial charge in [0.05, 0.1) is 16.8 Å². The lowest BCUT2D eigenvalue weighted by Crippen LogP contribution is -2.29. The highest BCUT2D eigenvalue weighted by molar-refractivity contribution is 7.25. The van der Waals surface area contributed by atoms with Crippen LogP contribution >= 0.6 is 11.3 Å².